The van der Waals surface area contributed by atoms with Gasteiger partial charge in [0.15, 0.2) is 5.82 Å². The molecular weight excluding hydrogens is 609 g/mol. The number of pyridine rings is 2. The first-order chi connectivity index (χ1) is 24.8. The number of hydrogen-bond acceptors (Lipinski definition) is 4. The first-order valence-electron chi connectivity index (χ1n) is 16.7. The molecule has 3 heterocycles. The summed E-state index contributed by atoms with van der Waals surface area (Å²) >= 11 is 0. The van der Waals surface area contributed by atoms with Crippen LogP contribution in [0.25, 0.3) is 88.8 Å². The van der Waals surface area contributed by atoms with Crippen LogP contribution in [0.2, 0.25) is 0 Å². The molecule has 234 valence electrons. The Morgan fingerprint density at radius 1 is 0.300 bits per heavy atom. The van der Waals surface area contributed by atoms with E-state index < -0.39 is 0 Å². The Balaban J connectivity index is 1.24. The second-order valence-electron chi connectivity index (χ2n) is 12.3. The van der Waals surface area contributed by atoms with E-state index >= 15 is 0 Å². The maximum absolute atomic E-state index is 5.20. The van der Waals surface area contributed by atoms with Crippen LogP contribution in [0.15, 0.2) is 183 Å². The van der Waals surface area contributed by atoms with E-state index in [1.165, 1.54) is 38.2 Å². The quantitative estimate of drug-likeness (QED) is 0.170. The van der Waals surface area contributed by atoms with Crippen molar-refractivity contribution in [1.29, 1.82) is 0 Å². The van der Waals surface area contributed by atoms with E-state index in [4.69, 9.17) is 9.97 Å². The minimum Gasteiger partial charge on any atom is -0.265 e. The van der Waals surface area contributed by atoms with E-state index in [1.807, 2.05) is 42.9 Å². The number of fused-ring (bicyclic) bond motifs is 2. The second kappa shape index (κ2) is 12.7. The molecule has 50 heavy (non-hydrogen) atoms. The Kier molecular flexibility index (Phi) is 7.45. The van der Waals surface area contributed by atoms with Crippen LogP contribution in [-0.4, -0.2) is 19.9 Å². The van der Waals surface area contributed by atoms with Gasteiger partial charge in [0.25, 0.3) is 0 Å². The lowest BCUT2D eigenvalue weighted by Crippen LogP contribution is -1.97. The summed E-state index contributed by atoms with van der Waals surface area (Å²) in [5.74, 6) is 0.659. The topological polar surface area (TPSA) is 51.6 Å². The van der Waals surface area contributed by atoms with Gasteiger partial charge in [-0.25, -0.2) is 9.97 Å². The van der Waals surface area contributed by atoms with Crippen molar-refractivity contribution in [3.8, 4) is 67.3 Å². The minimum absolute atomic E-state index is 0.659. The van der Waals surface area contributed by atoms with Crippen LogP contribution in [0.4, 0.5) is 0 Å². The summed E-state index contributed by atoms with van der Waals surface area (Å²) in [6.45, 7) is 0. The van der Waals surface area contributed by atoms with Crippen LogP contribution < -0.4 is 0 Å². The maximum atomic E-state index is 5.20. The molecule has 6 aromatic carbocycles. The highest BCUT2D eigenvalue weighted by atomic mass is 14.9. The highest BCUT2D eigenvalue weighted by Gasteiger charge is 2.18. The third-order valence-corrected chi connectivity index (χ3v) is 9.26. The van der Waals surface area contributed by atoms with Gasteiger partial charge in [-0.1, -0.05) is 115 Å². The van der Waals surface area contributed by atoms with Crippen molar-refractivity contribution in [1.82, 2.24) is 19.9 Å². The van der Waals surface area contributed by atoms with E-state index in [1.54, 1.807) is 6.20 Å². The van der Waals surface area contributed by atoms with Gasteiger partial charge in [-0.3, -0.25) is 9.97 Å². The third kappa shape index (κ3) is 5.39. The smallest absolute Gasteiger partial charge is 0.160 e. The molecule has 4 nitrogen and oxygen atoms in total. The number of rotatable bonds is 6. The van der Waals surface area contributed by atoms with Gasteiger partial charge >= 0.3 is 0 Å². The fraction of sp³-hybridized carbons (Fsp3) is 0. The van der Waals surface area contributed by atoms with Gasteiger partial charge in [0.2, 0.25) is 0 Å². The Labute approximate surface area is 290 Å². The lowest BCUT2D eigenvalue weighted by Gasteiger charge is -2.18. The zero-order valence-electron chi connectivity index (χ0n) is 27.1. The molecule has 0 bridgehead atoms. The predicted octanol–water partition coefficient (Wildman–Crippen LogP) is 11.6. The number of benzene rings is 6. The molecule has 0 aliphatic carbocycles. The second-order valence-corrected chi connectivity index (χ2v) is 12.3. The van der Waals surface area contributed by atoms with Crippen LogP contribution >= 0.6 is 0 Å². The number of hydrogen-bond donors (Lipinski definition) is 0. The van der Waals surface area contributed by atoms with Gasteiger partial charge in [-0.2, -0.15) is 0 Å². The van der Waals surface area contributed by atoms with E-state index in [0.717, 1.165) is 44.8 Å². The van der Waals surface area contributed by atoms with Crippen LogP contribution in [0.1, 0.15) is 0 Å². The Hall–Kier alpha value is -6.78. The highest BCUT2D eigenvalue weighted by molar-refractivity contribution is 6.21. The van der Waals surface area contributed by atoms with Crippen molar-refractivity contribution in [2.45, 2.75) is 0 Å². The maximum Gasteiger partial charge on any atom is 0.160 e. The summed E-state index contributed by atoms with van der Waals surface area (Å²) in [6.07, 6.45) is 7.28. The highest BCUT2D eigenvalue weighted by Crippen LogP contribution is 2.44. The molecule has 3 aromatic heterocycles. The standard InChI is InChI=1S/C46H30N4/c1-2-11-32(12-3-1)44-38-18-4-6-20-40(38)45(41-21-7-5-19-39(41)44)35-15-9-16-36(28-35)46-49-42(29-43(50-46)37-17-10-24-48-30-37)34-14-8-13-33(27-34)31-22-25-47-26-23-31/h1-30H. The van der Waals surface area contributed by atoms with E-state index in [-0.39, 0.29) is 0 Å². The monoisotopic (exact) mass is 638 g/mol. The molecule has 0 aliphatic rings. The third-order valence-electron chi connectivity index (χ3n) is 9.26. The van der Waals surface area contributed by atoms with Gasteiger partial charge in [0.1, 0.15) is 0 Å². The zero-order chi connectivity index (χ0) is 33.3. The molecule has 9 rings (SSSR count). The largest absolute Gasteiger partial charge is 0.265 e. The minimum atomic E-state index is 0.659. The van der Waals surface area contributed by atoms with Crippen LogP contribution in [0.3, 0.4) is 0 Å². The normalized spacial score (nSPS) is 11.2. The molecule has 0 aliphatic heterocycles. The van der Waals surface area contributed by atoms with Crippen molar-refractivity contribution >= 4 is 21.5 Å². The van der Waals surface area contributed by atoms with Gasteiger partial charge < -0.3 is 0 Å². The molecule has 0 spiro atoms. The van der Waals surface area contributed by atoms with Crippen molar-refractivity contribution in [3.63, 3.8) is 0 Å². The van der Waals surface area contributed by atoms with Gasteiger partial charge in [-0.15, -0.1) is 0 Å². The van der Waals surface area contributed by atoms with Crippen molar-refractivity contribution in [3.05, 3.63) is 183 Å². The molecule has 9 aromatic rings. The summed E-state index contributed by atoms with van der Waals surface area (Å²) in [7, 11) is 0. The molecule has 0 N–H and O–H groups in total. The lowest BCUT2D eigenvalue weighted by molar-refractivity contribution is 1.18. The lowest BCUT2D eigenvalue weighted by atomic mass is 9.85. The summed E-state index contributed by atoms with van der Waals surface area (Å²) in [5, 5.41) is 4.87. The van der Waals surface area contributed by atoms with E-state index in [2.05, 4.69) is 143 Å². The molecule has 0 saturated carbocycles. The zero-order valence-corrected chi connectivity index (χ0v) is 27.1. The Morgan fingerprint density at radius 2 is 0.820 bits per heavy atom. The van der Waals surface area contributed by atoms with Crippen molar-refractivity contribution in [2.24, 2.45) is 0 Å². The first-order valence-corrected chi connectivity index (χ1v) is 16.7. The van der Waals surface area contributed by atoms with Crippen LogP contribution in [0.5, 0.6) is 0 Å². The fourth-order valence-electron chi connectivity index (χ4n) is 6.96. The van der Waals surface area contributed by atoms with Crippen LogP contribution in [0, 0.1) is 0 Å². The van der Waals surface area contributed by atoms with Gasteiger partial charge in [-0.05, 0) is 97.4 Å². The van der Waals surface area contributed by atoms with Gasteiger partial charge in [0.05, 0.1) is 11.4 Å². The summed E-state index contributed by atoms with van der Waals surface area (Å²) < 4.78 is 0. The molecule has 0 atom stereocenters. The SMILES string of the molecule is c1ccc(-c2c3ccccc3c(-c3cccc(-c4nc(-c5cccnc5)cc(-c5cccc(-c6ccncc6)c5)n4)c3)c3ccccc23)cc1. The average molecular weight is 639 g/mol. The molecule has 0 radical (unpaired) electrons. The molecular formula is C46H30N4. The molecule has 0 saturated heterocycles. The van der Waals surface area contributed by atoms with E-state index in [9.17, 15) is 0 Å². The Morgan fingerprint density at radius 3 is 1.48 bits per heavy atom. The van der Waals surface area contributed by atoms with Crippen molar-refractivity contribution < 1.29 is 0 Å². The number of aromatic nitrogens is 4. The first kappa shape index (κ1) is 29.4. The molecule has 0 unspecified atom stereocenters. The molecule has 0 amide bonds. The van der Waals surface area contributed by atoms with Crippen LogP contribution in [-0.2, 0) is 0 Å². The fourth-order valence-corrected chi connectivity index (χ4v) is 6.96. The van der Waals surface area contributed by atoms with Crippen molar-refractivity contribution in [2.75, 3.05) is 0 Å². The Bertz CT molecular complexity index is 2580. The average Bonchev–Trinajstić information content (AvgIpc) is 3.21. The summed E-state index contributed by atoms with van der Waals surface area (Å²) in [6, 6.07) is 55.4. The number of nitrogens with zero attached hydrogens (tertiary/aromatic N) is 4. The summed E-state index contributed by atoms with van der Waals surface area (Å²) in [4.78, 5) is 18.9. The van der Waals surface area contributed by atoms with Gasteiger partial charge in [0, 0.05) is 41.5 Å². The van der Waals surface area contributed by atoms with E-state index in [0.29, 0.717) is 5.82 Å². The summed E-state index contributed by atoms with van der Waals surface area (Å²) in [5.41, 5.74) is 11.5. The molecule has 0 fully saturated rings. The molecule has 4 heteroatoms. The predicted molar refractivity (Wildman–Crippen MR) is 205 cm³/mol.